The smallest absolute Gasteiger partial charge is 0.369 e. The van der Waals surface area contributed by atoms with Gasteiger partial charge in [0, 0.05) is 112 Å². The summed E-state index contributed by atoms with van der Waals surface area (Å²) in [5.41, 5.74) is 2.42. The van der Waals surface area contributed by atoms with Crippen LogP contribution in [0.25, 0.3) is 0 Å². The molecular formula is C56H68F4N10O4. The van der Waals surface area contributed by atoms with Crippen molar-refractivity contribution in [3.05, 3.63) is 105 Å². The fraction of sp³-hybridized carbons (Fsp3) is 0.571. The van der Waals surface area contributed by atoms with Crippen molar-refractivity contribution in [2.24, 2.45) is 24.8 Å². The number of imide groups is 1. The van der Waals surface area contributed by atoms with Crippen LogP contribution in [-0.2, 0) is 54.3 Å². The number of anilines is 2. The summed E-state index contributed by atoms with van der Waals surface area (Å²) < 4.78 is 62.9. The average molecular weight is 1020 g/mol. The summed E-state index contributed by atoms with van der Waals surface area (Å²) in [6.07, 6.45) is 3.86. The number of piperazine rings is 1. The first-order valence-electron chi connectivity index (χ1n) is 26.7. The molecule has 11 rings (SSSR count). The van der Waals surface area contributed by atoms with Crippen molar-refractivity contribution in [2.45, 2.75) is 121 Å². The molecule has 3 aromatic carbocycles. The van der Waals surface area contributed by atoms with Crippen LogP contribution in [0.3, 0.4) is 0 Å². The fourth-order valence-corrected chi connectivity index (χ4v) is 13.9. The molecule has 74 heavy (non-hydrogen) atoms. The molecule has 0 bridgehead atoms. The van der Waals surface area contributed by atoms with Gasteiger partial charge in [-0.15, -0.1) is 10.2 Å². The highest BCUT2D eigenvalue weighted by Crippen LogP contribution is 2.51. The second-order valence-corrected chi connectivity index (χ2v) is 23.4. The van der Waals surface area contributed by atoms with Crippen LogP contribution in [0, 0.1) is 23.6 Å². The number of nitrogens with one attached hydrogen (secondary N) is 1. The van der Waals surface area contributed by atoms with Crippen LogP contribution in [0.5, 0.6) is 0 Å². The summed E-state index contributed by atoms with van der Waals surface area (Å²) in [4.78, 5) is 64.1. The number of aryl methyl sites for hydroxylation is 1. The lowest BCUT2D eigenvalue weighted by Gasteiger charge is -2.50. The highest BCUT2D eigenvalue weighted by atomic mass is 19.4. The zero-order chi connectivity index (χ0) is 51.8. The van der Waals surface area contributed by atoms with E-state index in [2.05, 4.69) is 62.0 Å². The number of rotatable bonds is 12. The molecule has 5 fully saturated rings. The summed E-state index contributed by atoms with van der Waals surface area (Å²) in [6, 6.07) is 13.4. The highest BCUT2D eigenvalue weighted by molar-refractivity contribution is 6.10. The molecule has 1 aromatic heterocycles. The Labute approximate surface area is 430 Å². The van der Waals surface area contributed by atoms with Crippen molar-refractivity contribution in [1.82, 2.24) is 39.7 Å². The van der Waals surface area contributed by atoms with Crippen LogP contribution < -0.4 is 15.1 Å². The van der Waals surface area contributed by atoms with Crippen molar-refractivity contribution in [3.8, 4) is 0 Å². The minimum atomic E-state index is -4.62. The molecule has 4 saturated heterocycles. The minimum Gasteiger partial charge on any atom is -0.369 e. The maximum absolute atomic E-state index is 16.1. The Morgan fingerprint density at radius 2 is 1.62 bits per heavy atom. The molecule has 1 N–H and O–H groups in total. The topological polar surface area (TPSA) is 130 Å². The van der Waals surface area contributed by atoms with E-state index in [9.17, 15) is 32.3 Å². The monoisotopic (exact) mass is 1020 g/mol. The lowest BCUT2D eigenvalue weighted by Crippen LogP contribution is -2.61. The molecule has 6 aliphatic heterocycles. The van der Waals surface area contributed by atoms with Gasteiger partial charge >= 0.3 is 6.18 Å². The summed E-state index contributed by atoms with van der Waals surface area (Å²) >= 11 is 0. The van der Waals surface area contributed by atoms with Gasteiger partial charge in [-0.25, -0.2) is 4.39 Å². The number of piperidine rings is 3. The first-order chi connectivity index (χ1) is 35.3. The second-order valence-electron chi connectivity index (χ2n) is 23.4. The number of carbonyl (C=O) groups excluding carboxylic acids is 4. The first-order valence-corrected chi connectivity index (χ1v) is 26.7. The highest BCUT2D eigenvalue weighted by Gasteiger charge is 2.47. The Morgan fingerprint density at radius 3 is 2.34 bits per heavy atom. The number of amides is 4. The molecule has 0 radical (unpaired) electrons. The van der Waals surface area contributed by atoms with Gasteiger partial charge in [0.25, 0.3) is 11.8 Å². The maximum atomic E-state index is 16.1. The van der Waals surface area contributed by atoms with Crippen molar-refractivity contribution in [1.29, 1.82) is 0 Å². The standard InChI is InChI=1S/C56H68F4N10O4/c1-35-24-55(25-35,26-48-63-61-34-64(48)4)39-8-5-9-40(23-39)69-31-43-42(53(69)74)21-38(22-45(43)56(58,59)60)29-65-16-6-7-37(28-65)30-68-20-19-66(33-54(68,2)3)27-36-14-17-67(18-15-36)46-11-10-41-44(50(46)57)32-70(52(41)73)47-12-13-49(71)62-51(47)72/h5,8-11,21-23,34-37,47H,6-7,12-20,24-33H2,1-4H3,(H,62,71,72)/t35?,37-,47?,55?/m0/s1. The van der Waals surface area contributed by atoms with E-state index in [0.29, 0.717) is 66.3 Å². The van der Waals surface area contributed by atoms with Crippen LogP contribution in [0.1, 0.15) is 126 Å². The number of nitrogens with zero attached hydrogens (tertiary/aromatic N) is 9. The Morgan fingerprint density at radius 1 is 0.824 bits per heavy atom. The van der Waals surface area contributed by atoms with Crippen LogP contribution >= 0.6 is 0 Å². The number of likely N-dealkylation sites (tertiary alicyclic amines) is 1. The molecule has 1 aliphatic carbocycles. The van der Waals surface area contributed by atoms with E-state index in [1.54, 1.807) is 24.5 Å². The number of alkyl halides is 3. The summed E-state index contributed by atoms with van der Waals surface area (Å²) in [6.45, 7) is 14.6. The molecular weight excluding hydrogens is 953 g/mol. The van der Waals surface area contributed by atoms with Crippen molar-refractivity contribution < 1.29 is 36.7 Å². The van der Waals surface area contributed by atoms with E-state index >= 15 is 4.39 Å². The van der Waals surface area contributed by atoms with Crippen molar-refractivity contribution in [2.75, 3.05) is 68.7 Å². The Kier molecular flexibility index (Phi) is 13.3. The van der Waals surface area contributed by atoms with Crippen molar-refractivity contribution >= 4 is 35.0 Å². The van der Waals surface area contributed by atoms with Gasteiger partial charge in [-0.2, -0.15) is 13.2 Å². The number of hydrogen-bond donors (Lipinski definition) is 1. The largest absolute Gasteiger partial charge is 0.416 e. The normalized spacial score (nSPS) is 26.2. The molecule has 4 aromatic rings. The minimum absolute atomic E-state index is 0.00612. The van der Waals surface area contributed by atoms with Gasteiger partial charge in [0.1, 0.15) is 18.2 Å². The first kappa shape index (κ1) is 50.4. The quantitative estimate of drug-likeness (QED) is 0.114. The lowest BCUT2D eigenvalue weighted by atomic mass is 9.57. The van der Waals surface area contributed by atoms with E-state index in [4.69, 9.17) is 0 Å². The number of carbonyl (C=O) groups is 4. The van der Waals surface area contributed by atoms with Gasteiger partial charge in [-0.1, -0.05) is 19.1 Å². The van der Waals surface area contributed by atoms with E-state index in [0.717, 1.165) is 95.7 Å². The molecule has 394 valence electrons. The van der Waals surface area contributed by atoms with Crippen LogP contribution in [-0.4, -0.2) is 128 Å². The number of fused-ring (bicyclic) bond motifs is 2. The van der Waals surface area contributed by atoms with Gasteiger partial charge < -0.3 is 19.3 Å². The third kappa shape index (κ3) is 9.63. The van der Waals surface area contributed by atoms with Gasteiger partial charge in [0.2, 0.25) is 11.8 Å². The molecule has 4 amide bonds. The molecule has 0 spiro atoms. The molecule has 7 aliphatic rings. The number of hydrogen-bond acceptors (Lipinski definition) is 10. The van der Waals surface area contributed by atoms with Gasteiger partial charge in [-0.3, -0.25) is 39.2 Å². The zero-order valence-corrected chi connectivity index (χ0v) is 43.0. The molecule has 1 saturated carbocycles. The fourth-order valence-electron chi connectivity index (χ4n) is 13.9. The maximum Gasteiger partial charge on any atom is 0.416 e. The molecule has 2 atom stereocenters. The SMILES string of the molecule is CC1CC(Cc2nncn2C)(c2cccc(N3Cc4c(cc(CN5CCC[C@H](CN6CCN(CC7CCN(c8ccc9c(c8F)CN(C8CCC(=O)NC8=O)C9=O)CC7)CC6(C)C)C5)cc4C(F)(F)F)C3=O)c2)C1. The summed E-state index contributed by atoms with van der Waals surface area (Å²) in [5, 5.41) is 10.7. The van der Waals surface area contributed by atoms with Crippen molar-refractivity contribution in [3.63, 3.8) is 0 Å². The Balaban J connectivity index is 0.686. The lowest BCUT2D eigenvalue weighted by molar-refractivity contribution is -0.138. The average Bonchev–Trinajstić information content (AvgIpc) is 4.02. The van der Waals surface area contributed by atoms with Crippen LogP contribution in [0.4, 0.5) is 28.9 Å². The second kappa shape index (κ2) is 19.4. The molecule has 1 unspecified atom stereocenters. The predicted octanol–water partition coefficient (Wildman–Crippen LogP) is 7.33. The van der Waals surface area contributed by atoms with E-state index in [1.807, 2.05) is 29.8 Å². The third-order valence-electron chi connectivity index (χ3n) is 17.7. The van der Waals surface area contributed by atoms with Gasteiger partial charge in [0.05, 0.1) is 24.3 Å². The zero-order valence-electron chi connectivity index (χ0n) is 43.0. The summed E-state index contributed by atoms with van der Waals surface area (Å²) in [7, 11) is 1.93. The van der Waals surface area contributed by atoms with E-state index < -0.39 is 35.4 Å². The van der Waals surface area contributed by atoms with Crippen LogP contribution in [0.15, 0.2) is 54.9 Å². The third-order valence-corrected chi connectivity index (χ3v) is 17.7. The van der Waals surface area contributed by atoms with Gasteiger partial charge in [-0.05, 0) is 136 Å². The van der Waals surface area contributed by atoms with E-state index in [-0.39, 0.29) is 65.4 Å². The predicted molar refractivity (Wildman–Crippen MR) is 271 cm³/mol. The molecule has 7 heterocycles. The Bertz CT molecular complexity index is 2850. The van der Waals surface area contributed by atoms with Gasteiger partial charge in [0.15, 0.2) is 5.82 Å². The molecule has 18 heteroatoms. The number of benzene rings is 3. The van der Waals surface area contributed by atoms with Crippen LogP contribution in [0.2, 0.25) is 0 Å². The Hall–Kier alpha value is -5.72. The van der Waals surface area contributed by atoms with E-state index in [1.165, 1.54) is 15.9 Å². The number of halogens is 4. The molecule has 14 nitrogen and oxygen atoms in total. The number of aromatic nitrogens is 3. The summed E-state index contributed by atoms with van der Waals surface area (Å²) in [5.74, 6) is 0.139.